The zero-order valence-corrected chi connectivity index (χ0v) is 18.7. The first-order valence-corrected chi connectivity index (χ1v) is 9.87. The van der Waals surface area contributed by atoms with Crippen LogP contribution in [0.1, 0.15) is 32.0 Å². The van der Waals surface area contributed by atoms with Crippen LogP contribution in [0.2, 0.25) is 0 Å². The second-order valence-electron chi connectivity index (χ2n) is 8.02. The fourth-order valence-electron chi connectivity index (χ4n) is 3.10. The number of benzene rings is 1. The van der Waals surface area contributed by atoms with Gasteiger partial charge >= 0.3 is 0 Å². The number of pyridine rings is 1. The van der Waals surface area contributed by atoms with Crippen molar-refractivity contribution in [1.82, 2.24) is 14.8 Å². The molecule has 0 aliphatic heterocycles. The van der Waals surface area contributed by atoms with E-state index in [2.05, 4.69) is 36.2 Å². The fraction of sp³-hybridized carbons (Fsp3) is 0.348. The molecule has 1 aromatic carbocycles. The Morgan fingerprint density at radius 3 is 2.23 bits per heavy atom. The van der Waals surface area contributed by atoms with Crippen LogP contribution in [-0.4, -0.2) is 42.0 Å². The predicted octanol–water partition coefficient (Wildman–Crippen LogP) is 3.77. The zero-order chi connectivity index (χ0) is 22.6. The number of amides is 1. The topological polar surface area (TPSA) is 87.5 Å². The SMILES string of the molecule is COc1cc(CC(=O)Nc2cc(C(C)(C)C)nn2-c2ccccn2)cc(OC)c1OC. The monoisotopic (exact) mass is 424 g/mol. The van der Waals surface area contributed by atoms with E-state index in [1.165, 1.54) is 0 Å². The number of carbonyl (C=O) groups is 1. The number of anilines is 1. The summed E-state index contributed by atoms with van der Waals surface area (Å²) in [7, 11) is 4.62. The number of aromatic nitrogens is 3. The highest BCUT2D eigenvalue weighted by atomic mass is 16.5. The van der Waals surface area contributed by atoms with Crippen LogP contribution in [-0.2, 0) is 16.6 Å². The van der Waals surface area contributed by atoms with Gasteiger partial charge in [-0.3, -0.25) is 4.79 Å². The Bertz CT molecular complexity index is 1030. The van der Waals surface area contributed by atoms with Gasteiger partial charge < -0.3 is 19.5 Å². The van der Waals surface area contributed by atoms with Gasteiger partial charge in [0.05, 0.1) is 33.4 Å². The number of ether oxygens (including phenoxy) is 3. The predicted molar refractivity (Wildman–Crippen MR) is 118 cm³/mol. The van der Waals surface area contributed by atoms with Gasteiger partial charge in [-0.1, -0.05) is 26.8 Å². The van der Waals surface area contributed by atoms with Crippen molar-refractivity contribution < 1.29 is 19.0 Å². The Labute approximate surface area is 182 Å². The number of rotatable bonds is 7. The van der Waals surface area contributed by atoms with E-state index >= 15 is 0 Å². The van der Waals surface area contributed by atoms with Gasteiger partial charge in [-0.2, -0.15) is 9.78 Å². The minimum absolute atomic E-state index is 0.120. The van der Waals surface area contributed by atoms with E-state index in [0.29, 0.717) is 28.9 Å². The Hall–Kier alpha value is -3.55. The Morgan fingerprint density at radius 1 is 1.03 bits per heavy atom. The molecule has 8 heteroatoms. The highest BCUT2D eigenvalue weighted by Crippen LogP contribution is 2.38. The zero-order valence-electron chi connectivity index (χ0n) is 18.7. The molecule has 2 aromatic heterocycles. The molecule has 0 spiro atoms. The van der Waals surface area contributed by atoms with Crippen LogP contribution in [0.4, 0.5) is 5.82 Å². The van der Waals surface area contributed by atoms with E-state index in [-0.39, 0.29) is 17.7 Å². The normalized spacial score (nSPS) is 11.2. The first-order valence-electron chi connectivity index (χ1n) is 9.87. The van der Waals surface area contributed by atoms with Crippen molar-refractivity contribution in [2.24, 2.45) is 0 Å². The second-order valence-corrected chi connectivity index (χ2v) is 8.02. The third-order valence-electron chi connectivity index (χ3n) is 4.70. The van der Waals surface area contributed by atoms with Crippen LogP contribution in [0.5, 0.6) is 17.2 Å². The van der Waals surface area contributed by atoms with E-state index in [4.69, 9.17) is 14.2 Å². The highest BCUT2D eigenvalue weighted by molar-refractivity contribution is 5.92. The van der Waals surface area contributed by atoms with Crippen LogP contribution >= 0.6 is 0 Å². The number of nitrogens with zero attached hydrogens (tertiary/aromatic N) is 3. The molecule has 3 rings (SSSR count). The molecule has 8 nitrogen and oxygen atoms in total. The number of methoxy groups -OCH3 is 3. The molecule has 0 aliphatic carbocycles. The summed E-state index contributed by atoms with van der Waals surface area (Å²) in [5, 5.41) is 7.63. The average molecular weight is 425 g/mol. The molecule has 0 radical (unpaired) electrons. The molecule has 3 aromatic rings. The molecule has 0 fully saturated rings. The third-order valence-corrected chi connectivity index (χ3v) is 4.70. The van der Waals surface area contributed by atoms with Gasteiger partial charge in [0.2, 0.25) is 11.7 Å². The quantitative estimate of drug-likeness (QED) is 0.621. The Morgan fingerprint density at radius 2 is 1.71 bits per heavy atom. The molecule has 0 saturated carbocycles. The van der Waals surface area contributed by atoms with Crippen LogP contribution < -0.4 is 19.5 Å². The summed E-state index contributed by atoms with van der Waals surface area (Å²) in [5.41, 5.74) is 1.39. The van der Waals surface area contributed by atoms with Gasteiger partial charge in [0.1, 0.15) is 5.82 Å². The largest absolute Gasteiger partial charge is 0.493 e. The Kier molecular flexibility index (Phi) is 6.48. The van der Waals surface area contributed by atoms with Gasteiger partial charge in [-0.15, -0.1) is 0 Å². The summed E-state index contributed by atoms with van der Waals surface area (Å²) in [6.45, 7) is 6.21. The van der Waals surface area contributed by atoms with E-state index in [1.807, 2.05) is 24.3 Å². The number of nitrogens with one attached hydrogen (secondary N) is 1. The summed E-state index contributed by atoms with van der Waals surface area (Å²) in [6, 6.07) is 11.0. The molecule has 2 heterocycles. The molecule has 0 bridgehead atoms. The lowest BCUT2D eigenvalue weighted by Gasteiger charge is -2.14. The summed E-state index contributed by atoms with van der Waals surface area (Å²) in [4.78, 5) is 17.3. The molecule has 164 valence electrons. The van der Waals surface area contributed by atoms with Crippen LogP contribution in [0.15, 0.2) is 42.6 Å². The number of hydrogen-bond donors (Lipinski definition) is 1. The summed E-state index contributed by atoms with van der Waals surface area (Å²) in [6.07, 6.45) is 1.81. The van der Waals surface area contributed by atoms with Crippen LogP contribution in [0, 0.1) is 0 Å². The summed E-state index contributed by atoms with van der Waals surface area (Å²) < 4.78 is 17.7. The minimum Gasteiger partial charge on any atom is -0.493 e. The van der Waals surface area contributed by atoms with E-state index < -0.39 is 0 Å². The highest BCUT2D eigenvalue weighted by Gasteiger charge is 2.22. The van der Waals surface area contributed by atoms with Gasteiger partial charge in [0, 0.05) is 17.7 Å². The minimum atomic E-state index is -0.202. The van der Waals surface area contributed by atoms with Gasteiger partial charge in [0.25, 0.3) is 0 Å². The first kappa shape index (κ1) is 22.1. The lowest BCUT2D eigenvalue weighted by molar-refractivity contribution is -0.115. The van der Waals surface area contributed by atoms with Crippen molar-refractivity contribution >= 4 is 11.7 Å². The molecule has 31 heavy (non-hydrogen) atoms. The maximum absolute atomic E-state index is 12.9. The van der Waals surface area contributed by atoms with Crippen LogP contribution in [0.25, 0.3) is 5.82 Å². The number of carbonyl (C=O) groups excluding carboxylic acids is 1. The smallest absolute Gasteiger partial charge is 0.229 e. The summed E-state index contributed by atoms with van der Waals surface area (Å²) >= 11 is 0. The van der Waals surface area contributed by atoms with Gasteiger partial charge in [-0.05, 0) is 29.8 Å². The van der Waals surface area contributed by atoms with E-state index in [1.54, 1.807) is 44.3 Å². The van der Waals surface area contributed by atoms with Crippen molar-refractivity contribution in [3.8, 4) is 23.1 Å². The van der Waals surface area contributed by atoms with E-state index in [9.17, 15) is 4.79 Å². The first-order chi connectivity index (χ1) is 14.8. The maximum Gasteiger partial charge on any atom is 0.229 e. The average Bonchev–Trinajstić information content (AvgIpc) is 3.17. The third kappa shape index (κ3) is 4.96. The lowest BCUT2D eigenvalue weighted by Crippen LogP contribution is -2.17. The molecule has 0 unspecified atom stereocenters. The van der Waals surface area contributed by atoms with Gasteiger partial charge in [-0.25, -0.2) is 4.98 Å². The molecular formula is C23H28N4O4. The lowest BCUT2D eigenvalue weighted by atomic mass is 9.92. The molecule has 1 amide bonds. The van der Waals surface area contributed by atoms with Crippen molar-refractivity contribution in [2.45, 2.75) is 32.6 Å². The van der Waals surface area contributed by atoms with Crippen molar-refractivity contribution in [3.63, 3.8) is 0 Å². The fourth-order valence-corrected chi connectivity index (χ4v) is 3.10. The molecule has 0 atom stereocenters. The van der Waals surface area contributed by atoms with Crippen molar-refractivity contribution in [1.29, 1.82) is 0 Å². The molecule has 0 saturated heterocycles. The molecule has 1 N–H and O–H groups in total. The second kappa shape index (κ2) is 9.07. The summed E-state index contributed by atoms with van der Waals surface area (Å²) in [5.74, 6) is 2.46. The Balaban J connectivity index is 1.89. The van der Waals surface area contributed by atoms with Gasteiger partial charge in [0.15, 0.2) is 17.3 Å². The maximum atomic E-state index is 12.9. The molecule has 0 aliphatic rings. The molecular weight excluding hydrogens is 396 g/mol. The van der Waals surface area contributed by atoms with Crippen molar-refractivity contribution in [2.75, 3.05) is 26.6 Å². The van der Waals surface area contributed by atoms with Crippen molar-refractivity contribution in [3.05, 3.63) is 53.9 Å². The van der Waals surface area contributed by atoms with E-state index in [0.717, 1.165) is 11.3 Å². The standard InChI is InChI=1S/C23H28N4O4/c1-23(2,3)18-14-20(27(26-18)19-9-7-8-10-24-19)25-21(28)13-15-11-16(29-4)22(31-6)17(12-15)30-5/h7-12,14H,13H2,1-6H3,(H,25,28). The van der Waals surface area contributed by atoms with Crippen LogP contribution in [0.3, 0.4) is 0 Å². The number of hydrogen-bond acceptors (Lipinski definition) is 6.